The molecule has 0 saturated carbocycles. The van der Waals surface area contributed by atoms with Crippen molar-refractivity contribution in [2.75, 3.05) is 18.6 Å². The van der Waals surface area contributed by atoms with Gasteiger partial charge in [-0.3, -0.25) is 0 Å². The second-order valence-electron chi connectivity index (χ2n) is 2.72. The summed E-state index contributed by atoms with van der Waals surface area (Å²) < 4.78 is 5.03. The van der Waals surface area contributed by atoms with E-state index in [0.717, 1.165) is 5.56 Å². The SMILES string of the molecule is CC=Cc1cc(N)c(OC)cc1N. The molecule has 3 heteroatoms. The summed E-state index contributed by atoms with van der Waals surface area (Å²) in [5.74, 6) is 0.616. The fraction of sp³-hybridized carbons (Fsp3) is 0.200. The number of nitrogen functional groups attached to an aromatic ring is 2. The standard InChI is InChI=1S/C10H14N2O/c1-3-4-7-5-9(12)10(13-2)6-8(7)11/h3-6H,11-12H2,1-2H3. The zero-order valence-corrected chi connectivity index (χ0v) is 7.87. The highest BCUT2D eigenvalue weighted by molar-refractivity contribution is 5.72. The lowest BCUT2D eigenvalue weighted by Crippen LogP contribution is -1.96. The van der Waals surface area contributed by atoms with Crippen molar-refractivity contribution in [1.82, 2.24) is 0 Å². The number of hydrogen-bond acceptors (Lipinski definition) is 3. The van der Waals surface area contributed by atoms with E-state index in [1.807, 2.05) is 19.1 Å². The van der Waals surface area contributed by atoms with Crippen molar-refractivity contribution in [2.45, 2.75) is 6.92 Å². The Balaban J connectivity index is 3.20. The first-order valence-electron chi connectivity index (χ1n) is 4.04. The van der Waals surface area contributed by atoms with Crippen LogP contribution in [-0.2, 0) is 0 Å². The minimum atomic E-state index is 0.602. The van der Waals surface area contributed by atoms with Crippen molar-refractivity contribution < 1.29 is 4.74 Å². The molecule has 0 bridgehead atoms. The third kappa shape index (κ3) is 1.93. The van der Waals surface area contributed by atoms with Crippen LogP contribution in [0.1, 0.15) is 12.5 Å². The molecule has 0 aliphatic carbocycles. The largest absolute Gasteiger partial charge is 0.495 e. The quantitative estimate of drug-likeness (QED) is 0.680. The van der Waals surface area contributed by atoms with Gasteiger partial charge >= 0.3 is 0 Å². The van der Waals surface area contributed by atoms with E-state index in [2.05, 4.69) is 0 Å². The Kier molecular flexibility index (Phi) is 2.80. The van der Waals surface area contributed by atoms with Crippen LogP contribution >= 0.6 is 0 Å². The molecule has 0 unspecified atom stereocenters. The van der Waals surface area contributed by atoms with E-state index in [9.17, 15) is 0 Å². The number of hydrogen-bond donors (Lipinski definition) is 2. The zero-order chi connectivity index (χ0) is 9.84. The number of allylic oxidation sites excluding steroid dienone is 1. The summed E-state index contributed by atoms with van der Waals surface area (Å²) in [7, 11) is 1.57. The molecule has 4 N–H and O–H groups in total. The fourth-order valence-corrected chi connectivity index (χ4v) is 1.13. The number of methoxy groups -OCH3 is 1. The van der Waals surface area contributed by atoms with Gasteiger partial charge < -0.3 is 16.2 Å². The lowest BCUT2D eigenvalue weighted by Gasteiger charge is -2.07. The summed E-state index contributed by atoms with van der Waals surface area (Å²) in [6.45, 7) is 1.93. The molecule has 0 fully saturated rings. The van der Waals surface area contributed by atoms with Gasteiger partial charge in [-0.15, -0.1) is 0 Å². The van der Waals surface area contributed by atoms with Gasteiger partial charge in [-0.1, -0.05) is 12.2 Å². The summed E-state index contributed by atoms with van der Waals surface area (Å²) in [4.78, 5) is 0. The molecule has 0 aromatic heterocycles. The van der Waals surface area contributed by atoms with E-state index in [1.54, 1.807) is 19.2 Å². The molecule has 0 aliphatic rings. The molecule has 0 aliphatic heterocycles. The summed E-state index contributed by atoms with van der Waals surface area (Å²) in [6.07, 6.45) is 3.82. The Morgan fingerprint density at radius 1 is 1.23 bits per heavy atom. The molecule has 1 aromatic rings. The van der Waals surface area contributed by atoms with Crippen molar-refractivity contribution in [3.05, 3.63) is 23.8 Å². The maximum absolute atomic E-state index is 5.77. The van der Waals surface area contributed by atoms with Gasteiger partial charge in [0.1, 0.15) is 5.75 Å². The topological polar surface area (TPSA) is 61.3 Å². The number of benzene rings is 1. The van der Waals surface area contributed by atoms with Crippen LogP contribution in [0, 0.1) is 0 Å². The highest BCUT2D eigenvalue weighted by Crippen LogP contribution is 2.27. The normalized spacial score (nSPS) is 10.6. The van der Waals surface area contributed by atoms with Gasteiger partial charge in [0.05, 0.1) is 12.8 Å². The van der Waals surface area contributed by atoms with Crippen LogP contribution in [-0.4, -0.2) is 7.11 Å². The van der Waals surface area contributed by atoms with Crippen LogP contribution in [0.4, 0.5) is 11.4 Å². The highest BCUT2D eigenvalue weighted by atomic mass is 16.5. The molecule has 0 heterocycles. The monoisotopic (exact) mass is 178 g/mol. The molecule has 3 nitrogen and oxygen atoms in total. The molecule has 13 heavy (non-hydrogen) atoms. The molecular weight excluding hydrogens is 164 g/mol. The van der Waals surface area contributed by atoms with E-state index in [1.165, 1.54) is 0 Å². The predicted octanol–water partition coefficient (Wildman–Crippen LogP) is 1.89. The van der Waals surface area contributed by atoms with Gasteiger partial charge in [0.15, 0.2) is 0 Å². The smallest absolute Gasteiger partial charge is 0.143 e. The van der Waals surface area contributed by atoms with Crippen molar-refractivity contribution >= 4 is 17.5 Å². The van der Waals surface area contributed by atoms with E-state index in [4.69, 9.17) is 16.2 Å². The van der Waals surface area contributed by atoms with Gasteiger partial charge in [-0.05, 0) is 18.6 Å². The second-order valence-corrected chi connectivity index (χ2v) is 2.72. The molecular formula is C10H14N2O. The van der Waals surface area contributed by atoms with Crippen molar-refractivity contribution in [1.29, 1.82) is 0 Å². The number of nitrogens with two attached hydrogens (primary N) is 2. The van der Waals surface area contributed by atoms with Crippen molar-refractivity contribution in [3.8, 4) is 5.75 Å². The maximum atomic E-state index is 5.77. The van der Waals surface area contributed by atoms with E-state index in [-0.39, 0.29) is 0 Å². The predicted molar refractivity (Wildman–Crippen MR) is 56.5 cm³/mol. The number of rotatable bonds is 2. The first-order chi connectivity index (χ1) is 6.19. The van der Waals surface area contributed by atoms with E-state index >= 15 is 0 Å². The third-order valence-corrected chi connectivity index (χ3v) is 1.78. The average Bonchev–Trinajstić information content (AvgIpc) is 2.11. The Morgan fingerprint density at radius 3 is 2.46 bits per heavy atom. The molecule has 1 rings (SSSR count). The summed E-state index contributed by atoms with van der Waals surface area (Å²) in [5, 5.41) is 0. The highest BCUT2D eigenvalue weighted by Gasteiger charge is 2.02. The Bertz CT molecular complexity index is 332. The van der Waals surface area contributed by atoms with Gasteiger partial charge in [0, 0.05) is 11.8 Å². The Hall–Kier alpha value is -1.64. The maximum Gasteiger partial charge on any atom is 0.143 e. The molecule has 70 valence electrons. The van der Waals surface area contributed by atoms with E-state index < -0.39 is 0 Å². The first-order valence-corrected chi connectivity index (χ1v) is 4.04. The second kappa shape index (κ2) is 3.85. The van der Waals surface area contributed by atoms with Gasteiger partial charge in [-0.2, -0.15) is 0 Å². The van der Waals surface area contributed by atoms with Gasteiger partial charge in [0.25, 0.3) is 0 Å². The summed E-state index contributed by atoms with van der Waals surface area (Å²) in [6, 6.07) is 3.53. The van der Waals surface area contributed by atoms with Crippen LogP contribution in [0.2, 0.25) is 0 Å². The molecule has 0 saturated heterocycles. The van der Waals surface area contributed by atoms with E-state index in [0.29, 0.717) is 17.1 Å². The van der Waals surface area contributed by atoms with Crippen LogP contribution in [0.5, 0.6) is 5.75 Å². The lowest BCUT2D eigenvalue weighted by atomic mass is 10.1. The van der Waals surface area contributed by atoms with Crippen LogP contribution in [0.15, 0.2) is 18.2 Å². The molecule has 1 aromatic carbocycles. The Morgan fingerprint density at radius 2 is 1.92 bits per heavy atom. The first kappa shape index (κ1) is 9.45. The van der Waals surface area contributed by atoms with Gasteiger partial charge in [0.2, 0.25) is 0 Å². The summed E-state index contributed by atoms with van der Waals surface area (Å²) >= 11 is 0. The summed E-state index contributed by atoms with van der Waals surface area (Å²) in [5.41, 5.74) is 13.7. The Labute approximate surface area is 78.0 Å². The fourth-order valence-electron chi connectivity index (χ4n) is 1.13. The average molecular weight is 178 g/mol. The van der Waals surface area contributed by atoms with Crippen LogP contribution in [0.3, 0.4) is 0 Å². The molecule has 0 amide bonds. The zero-order valence-electron chi connectivity index (χ0n) is 7.87. The molecule has 0 atom stereocenters. The number of anilines is 2. The lowest BCUT2D eigenvalue weighted by molar-refractivity contribution is 0.417. The van der Waals surface area contributed by atoms with Crippen LogP contribution in [0.25, 0.3) is 6.08 Å². The molecule has 0 spiro atoms. The van der Waals surface area contributed by atoms with Crippen molar-refractivity contribution in [2.24, 2.45) is 0 Å². The molecule has 0 radical (unpaired) electrons. The minimum absolute atomic E-state index is 0.602. The van der Waals surface area contributed by atoms with Crippen molar-refractivity contribution in [3.63, 3.8) is 0 Å². The van der Waals surface area contributed by atoms with Crippen LogP contribution < -0.4 is 16.2 Å². The van der Waals surface area contributed by atoms with Gasteiger partial charge in [-0.25, -0.2) is 0 Å². The third-order valence-electron chi connectivity index (χ3n) is 1.78. The minimum Gasteiger partial charge on any atom is -0.495 e. The number of ether oxygens (including phenoxy) is 1.